The van der Waals surface area contributed by atoms with Gasteiger partial charge in [0, 0.05) is 17.4 Å². The van der Waals surface area contributed by atoms with Crippen molar-refractivity contribution in [1.29, 1.82) is 0 Å². The number of aryl methyl sites for hydroxylation is 1. The van der Waals surface area contributed by atoms with E-state index in [1.54, 1.807) is 0 Å². The summed E-state index contributed by atoms with van der Waals surface area (Å²) in [4.78, 5) is 22.5. The molecule has 2 rings (SSSR count). The molecule has 96 valence electrons. The van der Waals surface area contributed by atoms with Gasteiger partial charge in [0.15, 0.2) is 0 Å². The molecule has 7 nitrogen and oxygen atoms in total. The van der Waals surface area contributed by atoms with Gasteiger partial charge >= 0.3 is 5.97 Å². The van der Waals surface area contributed by atoms with Gasteiger partial charge in [0.05, 0.1) is 6.42 Å². The van der Waals surface area contributed by atoms with Gasteiger partial charge in [0.2, 0.25) is 5.16 Å². The minimum atomic E-state index is -0.971. The number of hydrogen-bond acceptors (Lipinski definition) is 6. The molecule has 1 aliphatic rings. The van der Waals surface area contributed by atoms with Crippen LogP contribution in [0.5, 0.6) is 0 Å². The van der Waals surface area contributed by atoms with E-state index >= 15 is 0 Å². The van der Waals surface area contributed by atoms with E-state index in [2.05, 4.69) is 15.3 Å². The van der Waals surface area contributed by atoms with Crippen molar-refractivity contribution in [3.63, 3.8) is 0 Å². The molecule has 0 fully saturated rings. The fourth-order valence-electron chi connectivity index (χ4n) is 1.42. The Morgan fingerprint density at radius 3 is 2.89 bits per heavy atom. The number of thioether (sulfide) groups is 1. The monoisotopic (exact) mass is 268 g/mol. The molecule has 1 aromatic heterocycles. The van der Waals surface area contributed by atoms with Crippen molar-refractivity contribution in [2.24, 2.45) is 5.10 Å². The molecule has 0 radical (unpaired) electrons. The Morgan fingerprint density at radius 1 is 1.50 bits per heavy atom. The number of carboxylic acid groups (broad SMARTS) is 1. The van der Waals surface area contributed by atoms with Crippen molar-refractivity contribution >= 4 is 23.4 Å². The van der Waals surface area contributed by atoms with Crippen LogP contribution in [0.3, 0.4) is 0 Å². The summed E-state index contributed by atoms with van der Waals surface area (Å²) in [5.74, 6) is -0.971. The lowest BCUT2D eigenvalue weighted by molar-refractivity contribution is -0.136. The van der Waals surface area contributed by atoms with Crippen LogP contribution < -0.4 is 5.56 Å². The van der Waals surface area contributed by atoms with Crippen molar-refractivity contribution in [3.05, 3.63) is 16.0 Å². The highest BCUT2D eigenvalue weighted by Crippen LogP contribution is 2.24. The third kappa shape index (κ3) is 2.42. The van der Waals surface area contributed by atoms with Crippen molar-refractivity contribution in [2.45, 2.75) is 37.1 Å². The summed E-state index contributed by atoms with van der Waals surface area (Å²) < 4.78 is 1.20. The minimum Gasteiger partial charge on any atom is -0.481 e. The summed E-state index contributed by atoms with van der Waals surface area (Å²) in [6, 6.07) is 0. The molecule has 0 spiro atoms. The molecular formula is C10H12N4O3S. The summed E-state index contributed by atoms with van der Waals surface area (Å²) in [5.41, 5.74) is 0.569. The van der Waals surface area contributed by atoms with Gasteiger partial charge in [-0.2, -0.15) is 9.78 Å². The van der Waals surface area contributed by atoms with Gasteiger partial charge in [-0.1, -0.05) is 11.8 Å². The van der Waals surface area contributed by atoms with Crippen LogP contribution in [0.25, 0.3) is 0 Å². The summed E-state index contributed by atoms with van der Waals surface area (Å²) in [7, 11) is 0. The average molecular weight is 268 g/mol. The Hall–Kier alpha value is -1.70. The van der Waals surface area contributed by atoms with Crippen LogP contribution in [0.2, 0.25) is 0 Å². The summed E-state index contributed by atoms with van der Waals surface area (Å²) in [6.45, 7) is 3.81. The highest BCUT2D eigenvalue weighted by atomic mass is 32.2. The topological polar surface area (TPSA) is 97.4 Å². The lowest BCUT2D eigenvalue weighted by Gasteiger charge is -2.18. The van der Waals surface area contributed by atoms with Gasteiger partial charge in [0.25, 0.3) is 5.56 Å². The molecule has 18 heavy (non-hydrogen) atoms. The van der Waals surface area contributed by atoms with Gasteiger partial charge in [-0.25, -0.2) is 0 Å². The first-order chi connectivity index (χ1) is 8.49. The van der Waals surface area contributed by atoms with E-state index in [1.807, 2.05) is 13.8 Å². The molecule has 1 unspecified atom stereocenters. The largest absolute Gasteiger partial charge is 0.481 e. The third-order valence-electron chi connectivity index (χ3n) is 2.58. The maximum Gasteiger partial charge on any atom is 0.303 e. The van der Waals surface area contributed by atoms with E-state index in [9.17, 15) is 9.59 Å². The lowest BCUT2D eigenvalue weighted by Crippen LogP contribution is -2.31. The van der Waals surface area contributed by atoms with Crippen LogP contribution >= 0.6 is 11.8 Å². The Labute approximate surface area is 107 Å². The number of aromatic nitrogens is 3. The summed E-state index contributed by atoms with van der Waals surface area (Å²) in [6.07, 6.45) is -0.0776. The van der Waals surface area contributed by atoms with Gasteiger partial charge in [-0.05, 0) is 13.8 Å². The second-order valence-electron chi connectivity index (χ2n) is 3.94. The molecule has 0 saturated carbocycles. The molecule has 8 heteroatoms. The zero-order chi connectivity index (χ0) is 13.3. The first kappa shape index (κ1) is 12.7. The Morgan fingerprint density at radius 2 is 2.22 bits per heavy atom. The number of rotatable bonds is 3. The molecule has 0 saturated heterocycles. The number of carboxylic acids is 1. The molecule has 1 aliphatic heterocycles. The predicted molar refractivity (Wildman–Crippen MR) is 66.1 cm³/mol. The van der Waals surface area contributed by atoms with E-state index in [0.717, 1.165) is 5.71 Å². The molecule has 0 amide bonds. The molecular weight excluding hydrogens is 256 g/mol. The standard InChI is InChI=1S/C10H12N4O3S/c1-5-6(2)18-10-12-11-7(3-4-8(15)16)9(17)14(10)13-5/h6H,3-4H2,1-2H3,(H,15,16). The van der Waals surface area contributed by atoms with E-state index in [1.165, 1.54) is 16.4 Å². The van der Waals surface area contributed by atoms with Gasteiger partial charge in [0.1, 0.15) is 5.69 Å². The van der Waals surface area contributed by atoms with E-state index in [4.69, 9.17) is 5.11 Å². The first-order valence-corrected chi connectivity index (χ1v) is 6.29. The third-order valence-corrected chi connectivity index (χ3v) is 3.74. The van der Waals surface area contributed by atoms with Crippen molar-refractivity contribution < 1.29 is 9.90 Å². The second kappa shape index (κ2) is 4.89. The normalized spacial score (nSPS) is 18.1. The van der Waals surface area contributed by atoms with Crippen LogP contribution in [-0.4, -0.2) is 36.9 Å². The number of carbonyl (C=O) groups is 1. The highest BCUT2D eigenvalue weighted by Gasteiger charge is 2.21. The summed E-state index contributed by atoms with van der Waals surface area (Å²) >= 11 is 1.41. The molecule has 1 N–H and O–H groups in total. The average Bonchev–Trinajstić information content (AvgIpc) is 2.31. The maximum absolute atomic E-state index is 12.0. The molecule has 0 aliphatic carbocycles. The molecule has 1 atom stereocenters. The molecule has 0 bridgehead atoms. The van der Waals surface area contributed by atoms with Crippen LogP contribution in [-0.2, 0) is 11.2 Å². The van der Waals surface area contributed by atoms with Crippen molar-refractivity contribution in [2.75, 3.05) is 0 Å². The van der Waals surface area contributed by atoms with Gasteiger partial charge in [-0.3, -0.25) is 9.59 Å². The van der Waals surface area contributed by atoms with Gasteiger partial charge < -0.3 is 5.11 Å². The number of nitrogens with zero attached hydrogens (tertiary/aromatic N) is 4. The Kier molecular flexibility index (Phi) is 3.46. The van der Waals surface area contributed by atoms with E-state index in [0.29, 0.717) is 5.16 Å². The molecule has 1 aromatic rings. The minimum absolute atomic E-state index is 0.0657. The predicted octanol–water partition coefficient (Wildman–Crippen LogP) is 0.374. The fourth-order valence-corrected chi connectivity index (χ4v) is 2.27. The highest BCUT2D eigenvalue weighted by molar-refractivity contribution is 8.00. The van der Waals surface area contributed by atoms with Crippen molar-refractivity contribution in [3.8, 4) is 0 Å². The van der Waals surface area contributed by atoms with E-state index < -0.39 is 5.97 Å². The zero-order valence-electron chi connectivity index (χ0n) is 9.95. The number of aliphatic carboxylic acids is 1. The number of fused-ring (bicyclic) bond motifs is 1. The second-order valence-corrected chi connectivity index (χ2v) is 5.25. The van der Waals surface area contributed by atoms with Crippen LogP contribution in [0.4, 0.5) is 0 Å². The zero-order valence-corrected chi connectivity index (χ0v) is 10.8. The smallest absolute Gasteiger partial charge is 0.303 e. The van der Waals surface area contributed by atoms with E-state index in [-0.39, 0.29) is 29.3 Å². The maximum atomic E-state index is 12.0. The molecule has 2 heterocycles. The van der Waals surface area contributed by atoms with Crippen LogP contribution in [0, 0.1) is 0 Å². The Balaban J connectivity index is 2.38. The summed E-state index contributed by atoms with van der Waals surface area (Å²) in [5, 5.41) is 21.1. The van der Waals surface area contributed by atoms with Crippen LogP contribution in [0.15, 0.2) is 15.1 Å². The quantitative estimate of drug-likeness (QED) is 0.850. The van der Waals surface area contributed by atoms with Crippen molar-refractivity contribution in [1.82, 2.24) is 14.9 Å². The number of hydrogen-bond donors (Lipinski definition) is 1. The molecule has 0 aromatic carbocycles. The van der Waals surface area contributed by atoms with Gasteiger partial charge in [-0.15, -0.1) is 10.2 Å². The van der Waals surface area contributed by atoms with Crippen LogP contribution in [0.1, 0.15) is 26.0 Å². The Bertz CT molecular complexity index is 581. The first-order valence-electron chi connectivity index (χ1n) is 5.41. The lowest BCUT2D eigenvalue weighted by atomic mass is 10.2. The fraction of sp³-hybridized carbons (Fsp3) is 0.500. The SMILES string of the molecule is CC1=Nn2c(nnc(CCC(=O)O)c2=O)SC1C.